The van der Waals surface area contributed by atoms with E-state index in [9.17, 15) is 9.59 Å². The quantitative estimate of drug-likeness (QED) is 0.794. The molecule has 0 aromatic heterocycles. The molecule has 0 spiro atoms. The fourth-order valence-corrected chi connectivity index (χ4v) is 2.57. The lowest BCUT2D eigenvalue weighted by Gasteiger charge is -2.20. The molecule has 5 nitrogen and oxygen atoms in total. The summed E-state index contributed by atoms with van der Waals surface area (Å²) in [6.07, 6.45) is -0.586. The molecular weight excluding hydrogens is 304 g/mol. The molecular formula is C16H20O5S. The molecule has 2 atom stereocenters. The van der Waals surface area contributed by atoms with Gasteiger partial charge >= 0.3 is 11.9 Å². The third kappa shape index (κ3) is 4.74. The smallest absolute Gasteiger partial charge is 0.338 e. The van der Waals surface area contributed by atoms with Gasteiger partial charge in [-0.05, 0) is 32.9 Å². The van der Waals surface area contributed by atoms with E-state index in [1.807, 2.05) is 6.07 Å². The molecule has 22 heavy (non-hydrogen) atoms. The fourth-order valence-electron chi connectivity index (χ4n) is 1.68. The number of esters is 2. The largest absolute Gasteiger partial charge is 0.458 e. The Hall–Kier alpha value is -1.53. The summed E-state index contributed by atoms with van der Waals surface area (Å²) < 4.78 is 16.0. The van der Waals surface area contributed by atoms with Crippen molar-refractivity contribution in [2.45, 2.75) is 32.5 Å². The Morgan fingerprint density at radius 3 is 2.59 bits per heavy atom. The normalized spacial score (nSPS) is 21.4. The van der Waals surface area contributed by atoms with E-state index in [4.69, 9.17) is 14.2 Å². The van der Waals surface area contributed by atoms with Crippen molar-refractivity contribution in [1.29, 1.82) is 0 Å². The lowest BCUT2D eigenvalue weighted by Crippen LogP contribution is -2.30. The highest BCUT2D eigenvalue weighted by atomic mass is 32.2. The van der Waals surface area contributed by atoms with Crippen LogP contribution in [0, 0.1) is 5.41 Å². The van der Waals surface area contributed by atoms with Gasteiger partial charge in [-0.3, -0.25) is 4.79 Å². The molecule has 0 N–H and O–H groups in total. The van der Waals surface area contributed by atoms with E-state index in [0.717, 1.165) is 0 Å². The molecule has 1 aliphatic rings. The van der Waals surface area contributed by atoms with Crippen LogP contribution in [0.2, 0.25) is 0 Å². The topological polar surface area (TPSA) is 61.8 Å². The average Bonchev–Trinajstić information content (AvgIpc) is 2.92. The highest BCUT2D eigenvalue weighted by molar-refractivity contribution is 8.00. The van der Waals surface area contributed by atoms with Crippen molar-refractivity contribution in [2.24, 2.45) is 5.41 Å². The first-order valence-electron chi connectivity index (χ1n) is 7.06. The molecule has 1 fully saturated rings. The SMILES string of the molecule is CC(C)(C)C(=O)O[C@@H]1CS[C@@H](COC(=O)c2ccccc2)O1. The van der Waals surface area contributed by atoms with Crippen LogP contribution in [0.15, 0.2) is 30.3 Å². The third-order valence-electron chi connectivity index (χ3n) is 2.93. The number of hydrogen-bond acceptors (Lipinski definition) is 6. The van der Waals surface area contributed by atoms with Gasteiger partial charge in [0.15, 0.2) is 0 Å². The number of carbonyl (C=O) groups excluding carboxylic acids is 2. The molecule has 0 saturated carbocycles. The van der Waals surface area contributed by atoms with Crippen molar-refractivity contribution in [3.8, 4) is 0 Å². The zero-order valence-corrected chi connectivity index (χ0v) is 13.7. The maximum Gasteiger partial charge on any atom is 0.338 e. The van der Waals surface area contributed by atoms with Gasteiger partial charge in [-0.25, -0.2) is 4.79 Å². The summed E-state index contributed by atoms with van der Waals surface area (Å²) >= 11 is 1.46. The number of hydrogen-bond donors (Lipinski definition) is 0. The van der Waals surface area contributed by atoms with Crippen molar-refractivity contribution >= 4 is 23.7 Å². The second-order valence-corrected chi connectivity index (χ2v) is 7.14. The second kappa shape index (κ2) is 7.15. The number of benzene rings is 1. The Balaban J connectivity index is 1.75. The van der Waals surface area contributed by atoms with Gasteiger partial charge in [-0.15, -0.1) is 11.8 Å². The molecule has 1 aromatic rings. The van der Waals surface area contributed by atoms with E-state index in [0.29, 0.717) is 11.3 Å². The lowest BCUT2D eigenvalue weighted by atomic mass is 9.97. The van der Waals surface area contributed by atoms with Gasteiger partial charge in [0.2, 0.25) is 6.29 Å². The average molecular weight is 324 g/mol. The molecule has 1 heterocycles. The standard InChI is InChI=1S/C16H20O5S/c1-16(2,3)15(18)21-12-10-22-13(20-12)9-19-14(17)11-7-5-4-6-8-11/h4-8,12-13H,9-10H2,1-3H3/t12-,13+/m1/s1. The molecule has 6 heteroatoms. The van der Waals surface area contributed by atoms with Crippen LogP contribution in [-0.2, 0) is 19.0 Å². The van der Waals surface area contributed by atoms with Crippen molar-refractivity contribution in [1.82, 2.24) is 0 Å². The third-order valence-corrected chi connectivity index (χ3v) is 4.02. The number of carbonyl (C=O) groups is 2. The molecule has 0 bridgehead atoms. The molecule has 0 amide bonds. The van der Waals surface area contributed by atoms with Gasteiger partial charge in [-0.2, -0.15) is 0 Å². The van der Waals surface area contributed by atoms with Crippen LogP contribution in [0.1, 0.15) is 31.1 Å². The highest BCUT2D eigenvalue weighted by Crippen LogP contribution is 2.28. The molecule has 0 unspecified atom stereocenters. The molecule has 0 radical (unpaired) electrons. The first-order chi connectivity index (χ1) is 10.4. The van der Waals surface area contributed by atoms with Gasteiger partial charge in [0, 0.05) is 0 Å². The summed E-state index contributed by atoms with van der Waals surface area (Å²) in [5.74, 6) is -0.157. The Morgan fingerprint density at radius 1 is 1.27 bits per heavy atom. The zero-order valence-electron chi connectivity index (χ0n) is 12.9. The summed E-state index contributed by atoms with van der Waals surface area (Å²) in [4.78, 5) is 23.6. The van der Waals surface area contributed by atoms with E-state index in [1.54, 1.807) is 45.0 Å². The fraction of sp³-hybridized carbons (Fsp3) is 0.500. The number of ether oxygens (including phenoxy) is 3. The zero-order chi connectivity index (χ0) is 16.2. The van der Waals surface area contributed by atoms with Gasteiger partial charge in [0.25, 0.3) is 0 Å². The molecule has 2 rings (SSSR count). The first-order valence-corrected chi connectivity index (χ1v) is 8.11. The second-order valence-electron chi connectivity index (χ2n) is 5.95. The Labute approximate surface area is 134 Å². The van der Waals surface area contributed by atoms with E-state index in [-0.39, 0.29) is 24.0 Å². The van der Waals surface area contributed by atoms with Crippen LogP contribution in [0.3, 0.4) is 0 Å². The summed E-state index contributed by atoms with van der Waals surface area (Å²) in [5.41, 5.74) is -0.377. The Bertz CT molecular complexity index is 523. The summed E-state index contributed by atoms with van der Waals surface area (Å²) in [6.45, 7) is 5.49. The van der Waals surface area contributed by atoms with E-state index in [1.165, 1.54) is 11.8 Å². The van der Waals surface area contributed by atoms with Crippen LogP contribution < -0.4 is 0 Å². The summed E-state index contributed by atoms with van der Waals surface area (Å²) in [7, 11) is 0. The van der Waals surface area contributed by atoms with Crippen LogP contribution >= 0.6 is 11.8 Å². The Kier molecular flexibility index (Phi) is 5.47. The van der Waals surface area contributed by atoms with Gasteiger partial charge < -0.3 is 14.2 Å². The first kappa shape index (κ1) is 16.8. The maximum atomic E-state index is 11.8. The van der Waals surface area contributed by atoms with E-state index < -0.39 is 11.7 Å². The molecule has 120 valence electrons. The van der Waals surface area contributed by atoms with Crippen molar-refractivity contribution in [3.63, 3.8) is 0 Å². The van der Waals surface area contributed by atoms with Gasteiger partial charge in [0.1, 0.15) is 12.0 Å². The highest BCUT2D eigenvalue weighted by Gasteiger charge is 2.33. The summed E-state index contributed by atoms with van der Waals surface area (Å²) in [5, 5.41) is 0. The minimum absolute atomic E-state index is 0.127. The van der Waals surface area contributed by atoms with E-state index >= 15 is 0 Å². The lowest BCUT2D eigenvalue weighted by molar-refractivity contribution is -0.183. The molecule has 1 saturated heterocycles. The molecule has 1 aliphatic heterocycles. The minimum Gasteiger partial charge on any atom is -0.458 e. The van der Waals surface area contributed by atoms with Crippen molar-refractivity contribution in [3.05, 3.63) is 35.9 Å². The number of thioether (sulfide) groups is 1. The van der Waals surface area contributed by atoms with E-state index in [2.05, 4.69) is 0 Å². The van der Waals surface area contributed by atoms with Crippen LogP contribution in [-0.4, -0.2) is 36.0 Å². The van der Waals surface area contributed by atoms with Crippen LogP contribution in [0.25, 0.3) is 0 Å². The minimum atomic E-state index is -0.586. The maximum absolute atomic E-state index is 11.8. The summed E-state index contributed by atoms with van der Waals surface area (Å²) in [6, 6.07) is 8.78. The van der Waals surface area contributed by atoms with Crippen LogP contribution in [0.5, 0.6) is 0 Å². The molecule has 1 aromatic carbocycles. The predicted molar refractivity (Wildman–Crippen MR) is 83.4 cm³/mol. The predicted octanol–water partition coefficient (Wildman–Crippen LogP) is 2.85. The molecule has 0 aliphatic carbocycles. The van der Waals surface area contributed by atoms with Gasteiger partial charge in [0.05, 0.1) is 16.7 Å². The Morgan fingerprint density at radius 2 is 1.95 bits per heavy atom. The van der Waals surface area contributed by atoms with Crippen molar-refractivity contribution in [2.75, 3.05) is 12.4 Å². The number of rotatable bonds is 4. The van der Waals surface area contributed by atoms with Crippen LogP contribution in [0.4, 0.5) is 0 Å². The monoisotopic (exact) mass is 324 g/mol. The van der Waals surface area contributed by atoms with Crippen molar-refractivity contribution < 1.29 is 23.8 Å². The van der Waals surface area contributed by atoms with Gasteiger partial charge in [-0.1, -0.05) is 18.2 Å².